The van der Waals surface area contributed by atoms with E-state index in [0.717, 1.165) is 53.7 Å². The Morgan fingerprint density at radius 1 is 0.906 bits per heavy atom. The average Bonchev–Trinajstić information content (AvgIpc) is 2.84. The number of rotatable bonds is 12. The maximum Gasteiger partial charge on any atom is 0.0643 e. The number of allylic oxidation sites excluding steroid dienone is 4. The van der Waals surface area contributed by atoms with Crippen molar-refractivity contribution in [2.24, 2.45) is 4.99 Å². The molecular weight excluding hydrogens is 406 g/mol. The normalized spacial score (nSPS) is 13.7. The first-order valence-electron chi connectivity index (χ1n) is 11.8. The zero-order valence-electron chi connectivity index (χ0n) is 19.4. The molecule has 0 amide bonds. The van der Waals surface area contributed by atoms with Crippen LogP contribution in [0.5, 0.6) is 0 Å². The number of hydrogen-bond acceptors (Lipinski definition) is 2. The van der Waals surface area contributed by atoms with Crippen molar-refractivity contribution >= 4 is 28.6 Å². The van der Waals surface area contributed by atoms with Gasteiger partial charge in [-0.25, -0.2) is 0 Å². The summed E-state index contributed by atoms with van der Waals surface area (Å²) in [5.41, 5.74) is 5.50. The Morgan fingerprint density at radius 2 is 1.69 bits per heavy atom. The van der Waals surface area contributed by atoms with Crippen molar-refractivity contribution in [3.8, 4) is 0 Å². The second kappa shape index (κ2) is 13.1. The third-order valence-electron chi connectivity index (χ3n) is 5.66. The van der Waals surface area contributed by atoms with E-state index in [0.29, 0.717) is 6.54 Å². The number of thioether (sulfide) groups is 1. The van der Waals surface area contributed by atoms with E-state index in [9.17, 15) is 0 Å². The molecular formula is C30H35NS. The average molecular weight is 442 g/mol. The Hall–Kier alpha value is -2.58. The second-order valence-corrected chi connectivity index (χ2v) is 9.38. The molecule has 0 spiro atoms. The first-order chi connectivity index (χ1) is 15.7. The Balaban J connectivity index is 1.69. The number of unbranched alkanes of at least 4 members (excludes halogenated alkanes) is 3. The molecule has 0 saturated heterocycles. The van der Waals surface area contributed by atoms with Crippen LogP contribution in [0.3, 0.4) is 0 Å². The highest BCUT2D eigenvalue weighted by Crippen LogP contribution is 2.31. The smallest absolute Gasteiger partial charge is 0.0643 e. The molecule has 0 fully saturated rings. The van der Waals surface area contributed by atoms with Gasteiger partial charge < -0.3 is 0 Å². The van der Waals surface area contributed by atoms with Gasteiger partial charge in [0.05, 0.1) is 6.54 Å². The number of benzene rings is 2. The molecule has 1 aliphatic carbocycles. The van der Waals surface area contributed by atoms with E-state index in [1.165, 1.54) is 29.1 Å². The summed E-state index contributed by atoms with van der Waals surface area (Å²) in [5, 5.41) is 0. The lowest BCUT2D eigenvalue weighted by Crippen LogP contribution is -2.04. The maximum absolute atomic E-state index is 4.98. The fourth-order valence-electron chi connectivity index (χ4n) is 3.69. The molecule has 1 nitrogen and oxygen atoms in total. The van der Waals surface area contributed by atoms with Crippen LogP contribution in [0.15, 0.2) is 101 Å². The molecule has 0 bridgehead atoms. The standard InChI is InChI=1S/C30H35NS/c1-4-5-6-13-18-30(31-23-24(2)26-14-9-7-10-15-26)25(3)27-19-21-29(22-20-27)32-28-16-11-8-12-17-28/h7,9-11,14-17,19-22H,2-6,8,12-13,18,23H2,1H3. The van der Waals surface area contributed by atoms with Crippen molar-refractivity contribution in [3.63, 3.8) is 0 Å². The summed E-state index contributed by atoms with van der Waals surface area (Å²) in [4.78, 5) is 7.58. The Morgan fingerprint density at radius 3 is 2.38 bits per heavy atom. The molecule has 0 aromatic heterocycles. The van der Waals surface area contributed by atoms with Crippen LogP contribution in [0, 0.1) is 0 Å². The second-order valence-electron chi connectivity index (χ2n) is 8.23. The molecule has 2 aromatic rings. The van der Waals surface area contributed by atoms with Gasteiger partial charge in [0.25, 0.3) is 0 Å². The van der Waals surface area contributed by atoms with Gasteiger partial charge in [0, 0.05) is 15.5 Å². The molecule has 0 heterocycles. The Kier molecular flexibility index (Phi) is 9.84. The van der Waals surface area contributed by atoms with Crippen LogP contribution in [-0.4, -0.2) is 12.3 Å². The van der Waals surface area contributed by atoms with Gasteiger partial charge >= 0.3 is 0 Å². The van der Waals surface area contributed by atoms with Crippen LogP contribution in [0.4, 0.5) is 0 Å². The van der Waals surface area contributed by atoms with Crippen molar-refractivity contribution in [2.75, 3.05) is 6.54 Å². The minimum Gasteiger partial charge on any atom is -0.284 e. The summed E-state index contributed by atoms with van der Waals surface area (Å²) in [6, 6.07) is 19.1. The molecule has 0 atom stereocenters. The zero-order chi connectivity index (χ0) is 22.6. The highest BCUT2D eigenvalue weighted by molar-refractivity contribution is 8.03. The largest absolute Gasteiger partial charge is 0.284 e. The van der Waals surface area contributed by atoms with Crippen LogP contribution < -0.4 is 0 Å². The monoisotopic (exact) mass is 441 g/mol. The zero-order valence-corrected chi connectivity index (χ0v) is 20.2. The summed E-state index contributed by atoms with van der Waals surface area (Å²) in [6.45, 7) is 11.5. The summed E-state index contributed by atoms with van der Waals surface area (Å²) < 4.78 is 0. The van der Waals surface area contributed by atoms with E-state index < -0.39 is 0 Å². The van der Waals surface area contributed by atoms with Gasteiger partial charge in [-0.1, -0.05) is 112 Å². The molecule has 0 unspecified atom stereocenters. The van der Waals surface area contributed by atoms with E-state index in [4.69, 9.17) is 4.99 Å². The lowest BCUT2D eigenvalue weighted by Gasteiger charge is -2.13. The predicted molar refractivity (Wildman–Crippen MR) is 144 cm³/mol. The third-order valence-corrected chi connectivity index (χ3v) is 6.70. The van der Waals surface area contributed by atoms with E-state index in [1.54, 1.807) is 0 Å². The molecule has 2 heteroatoms. The molecule has 1 aliphatic rings. The minimum atomic E-state index is 0.612. The van der Waals surface area contributed by atoms with Crippen LogP contribution >= 0.6 is 11.8 Å². The molecule has 0 aliphatic heterocycles. The van der Waals surface area contributed by atoms with Gasteiger partial charge in [0.15, 0.2) is 0 Å². The van der Waals surface area contributed by atoms with E-state index in [1.807, 2.05) is 30.0 Å². The highest BCUT2D eigenvalue weighted by atomic mass is 32.2. The van der Waals surface area contributed by atoms with Crippen molar-refractivity contribution in [1.82, 2.24) is 0 Å². The molecule has 166 valence electrons. The fraction of sp³-hybridized carbons (Fsp3) is 0.300. The molecule has 0 radical (unpaired) electrons. The Bertz CT molecular complexity index is 977. The molecule has 0 saturated carbocycles. The topological polar surface area (TPSA) is 12.4 Å². The van der Waals surface area contributed by atoms with E-state index in [-0.39, 0.29) is 0 Å². The summed E-state index contributed by atoms with van der Waals surface area (Å²) >= 11 is 1.83. The van der Waals surface area contributed by atoms with Crippen molar-refractivity contribution in [3.05, 3.63) is 102 Å². The maximum atomic E-state index is 4.98. The third kappa shape index (κ3) is 7.53. The quantitative estimate of drug-likeness (QED) is 0.236. The van der Waals surface area contributed by atoms with Crippen LogP contribution in [0.1, 0.15) is 63.0 Å². The van der Waals surface area contributed by atoms with Crippen molar-refractivity contribution in [2.45, 2.75) is 56.8 Å². The summed E-state index contributed by atoms with van der Waals surface area (Å²) in [6.07, 6.45) is 15.0. The Labute approximate surface area is 198 Å². The number of aliphatic imine (C=N–C) groups is 1. The van der Waals surface area contributed by atoms with Crippen molar-refractivity contribution < 1.29 is 0 Å². The van der Waals surface area contributed by atoms with Crippen LogP contribution in [0.25, 0.3) is 11.1 Å². The summed E-state index contributed by atoms with van der Waals surface area (Å²) in [5.74, 6) is 0. The van der Waals surface area contributed by atoms with Gasteiger partial charge in [-0.15, -0.1) is 0 Å². The minimum absolute atomic E-state index is 0.612. The van der Waals surface area contributed by atoms with Gasteiger partial charge in [-0.2, -0.15) is 0 Å². The van der Waals surface area contributed by atoms with Crippen LogP contribution in [0.2, 0.25) is 0 Å². The first-order valence-corrected chi connectivity index (χ1v) is 12.6. The highest BCUT2D eigenvalue weighted by Gasteiger charge is 2.09. The van der Waals surface area contributed by atoms with E-state index in [2.05, 4.69) is 74.7 Å². The van der Waals surface area contributed by atoms with Crippen molar-refractivity contribution in [1.29, 1.82) is 0 Å². The van der Waals surface area contributed by atoms with Crippen LogP contribution in [-0.2, 0) is 0 Å². The lowest BCUT2D eigenvalue weighted by molar-refractivity contribution is 0.683. The fourth-order valence-corrected chi connectivity index (χ4v) is 4.60. The molecule has 3 rings (SSSR count). The first kappa shape index (κ1) is 24.1. The molecule has 0 N–H and O–H groups in total. The van der Waals surface area contributed by atoms with Gasteiger partial charge in [-0.05, 0) is 60.1 Å². The molecule has 32 heavy (non-hydrogen) atoms. The SMILES string of the molecule is C=C(CN=C(CCCCCC)C(=C)c1ccc(SC2=CCCC=C2)cc1)c1ccccc1. The van der Waals surface area contributed by atoms with Gasteiger partial charge in [0.2, 0.25) is 0 Å². The summed E-state index contributed by atoms with van der Waals surface area (Å²) in [7, 11) is 0. The number of hydrogen-bond donors (Lipinski definition) is 0. The molecule has 2 aromatic carbocycles. The predicted octanol–water partition coefficient (Wildman–Crippen LogP) is 9.15. The van der Waals surface area contributed by atoms with E-state index >= 15 is 0 Å². The van der Waals surface area contributed by atoms with Gasteiger partial charge in [-0.3, -0.25) is 4.99 Å². The number of nitrogens with zero attached hydrogens (tertiary/aromatic N) is 1. The lowest BCUT2D eigenvalue weighted by atomic mass is 9.98. The van der Waals surface area contributed by atoms with Gasteiger partial charge in [0.1, 0.15) is 0 Å².